The second-order valence-corrected chi connectivity index (χ2v) is 40.4. The van der Waals surface area contributed by atoms with E-state index in [1.807, 2.05) is 23.5 Å². The van der Waals surface area contributed by atoms with Gasteiger partial charge in [-0.1, -0.05) is 347 Å². The lowest BCUT2D eigenvalue weighted by Crippen LogP contribution is -2.16. The van der Waals surface area contributed by atoms with Gasteiger partial charge >= 0.3 is 0 Å². The molecule has 0 N–H and O–H groups in total. The van der Waals surface area contributed by atoms with Crippen LogP contribution < -0.4 is 14.7 Å². The molecular formula is C141H96N6O2S. The van der Waals surface area contributed by atoms with Gasteiger partial charge in [-0.3, -0.25) is 0 Å². The van der Waals surface area contributed by atoms with Gasteiger partial charge in [-0.2, -0.15) is 0 Å². The Bertz CT molecular complexity index is 10100. The number of furan rings is 2. The van der Waals surface area contributed by atoms with Gasteiger partial charge in [-0.05, 0) is 279 Å². The molecule has 0 spiro atoms. The smallest absolute Gasteiger partial charge is 0.145 e. The van der Waals surface area contributed by atoms with Crippen LogP contribution in [0, 0.1) is 0 Å². The van der Waals surface area contributed by atoms with Crippen molar-refractivity contribution in [2.75, 3.05) is 14.7 Å². The molecule has 0 bridgehead atoms. The number of benzene rings is 23. The lowest BCUT2D eigenvalue weighted by Gasteiger charge is -2.28. The average Bonchev–Trinajstić information content (AvgIpc) is 1.56. The van der Waals surface area contributed by atoms with E-state index in [0.717, 1.165) is 145 Å². The third kappa shape index (κ3) is 15.2. The van der Waals surface area contributed by atoms with E-state index < -0.39 is 0 Å². The highest BCUT2D eigenvalue weighted by Gasteiger charge is 2.37. The molecule has 8 nitrogen and oxygen atoms in total. The summed E-state index contributed by atoms with van der Waals surface area (Å²) < 4.78 is 22.9. The highest BCUT2D eigenvalue weighted by molar-refractivity contribution is 7.26. The Morgan fingerprint density at radius 2 is 0.473 bits per heavy atom. The summed E-state index contributed by atoms with van der Waals surface area (Å²) in [5.74, 6) is 0. The molecule has 0 unspecified atom stereocenters. The van der Waals surface area contributed by atoms with Gasteiger partial charge in [0.15, 0.2) is 0 Å². The molecule has 9 heteroatoms. The molecule has 0 atom stereocenters. The molecule has 30 rings (SSSR count). The van der Waals surface area contributed by atoms with Gasteiger partial charge in [0.2, 0.25) is 0 Å². The Morgan fingerprint density at radius 1 is 0.193 bits per heavy atom. The molecule has 0 aliphatic heterocycles. The van der Waals surface area contributed by atoms with E-state index >= 15 is 0 Å². The predicted octanol–water partition coefficient (Wildman–Crippen LogP) is 39.9. The second kappa shape index (κ2) is 36.8. The van der Waals surface area contributed by atoms with Gasteiger partial charge in [-0.25, -0.2) is 0 Å². The first-order chi connectivity index (χ1) is 74.2. The van der Waals surface area contributed by atoms with E-state index in [0.29, 0.717) is 0 Å². The maximum absolute atomic E-state index is 6.56. The fourth-order valence-electron chi connectivity index (χ4n) is 23.3. The van der Waals surface area contributed by atoms with Crippen molar-refractivity contribution in [2.45, 2.75) is 19.3 Å². The van der Waals surface area contributed by atoms with Crippen molar-refractivity contribution in [3.63, 3.8) is 0 Å². The van der Waals surface area contributed by atoms with Gasteiger partial charge in [-0.15, -0.1) is 11.3 Å². The fraction of sp³-hybridized carbons (Fsp3) is 0.0213. The molecule has 1 aliphatic rings. The van der Waals surface area contributed by atoms with Crippen LogP contribution in [0.2, 0.25) is 0 Å². The number of aromatic nitrogens is 3. The van der Waals surface area contributed by atoms with Crippen LogP contribution in [0.15, 0.2) is 555 Å². The SMILES string of the molecule is CC1(C)c2ccccc2-c2ccc(N(c3ccc(-c4ccccc4)cc3)c3ccc(-n4c5ccccc5c5c6oc7ccccc7c6ccc54)cc3)cc21.c1ccc(-c2ccc(N(c3ccc(-c4ccccc4)cc3)c3ccc(-n4c5ccccc5c5c6oc7ccccc7c6ccc54)cc3)cc2)cc1.c1ccc(-c2ccc(N(c3ccccc3)c3ccc(-n4c5ccccc5c5c6sc7ccccc7c6ccc54)cc3)cc2)cc1. The molecule has 23 aromatic carbocycles. The van der Waals surface area contributed by atoms with Gasteiger partial charge in [0, 0.05) is 137 Å². The van der Waals surface area contributed by atoms with Gasteiger partial charge in [0.05, 0.1) is 43.9 Å². The minimum absolute atomic E-state index is 0.101. The summed E-state index contributed by atoms with van der Waals surface area (Å²) in [5, 5.41) is 14.5. The zero-order chi connectivity index (χ0) is 99.4. The van der Waals surface area contributed by atoms with E-state index in [2.05, 4.69) is 576 Å². The highest BCUT2D eigenvalue weighted by Crippen LogP contribution is 2.54. The topological polar surface area (TPSA) is 50.8 Å². The maximum Gasteiger partial charge on any atom is 0.145 e. The van der Waals surface area contributed by atoms with Crippen LogP contribution in [-0.4, -0.2) is 13.7 Å². The third-order valence-electron chi connectivity index (χ3n) is 30.4. The molecule has 1 aliphatic carbocycles. The average molecular weight is 1940 g/mol. The zero-order valence-electron chi connectivity index (χ0n) is 82.4. The molecule has 0 saturated heterocycles. The first kappa shape index (κ1) is 88.4. The highest BCUT2D eigenvalue weighted by atomic mass is 32.1. The molecule has 0 radical (unpaired) electrons. The van der Waals surface area contributed by atoms with Gasteiger partial charge in [0.1, 0.15) is 22.3 Å². The van der Waals surface area contributed by atoms with Crippen LogP contribution in [0.3, 0.4) is 0 Å². The van der Waals surface area contributed by atoms with E-state index in [1.54, 1.807) is 0 Å². The van der Waals surface area contributed by atoms with Crippen LogP contribution in [-0.2, 0) is 5.41 Å². The number of thiophene rings is 1. The third-order valence-corrected chi connectivity index (χ3v) is 31.6. The van der Waals surface area contributed by atoms with Crippen LogP contribution in [0.1, 0.15) is 25.0 Å². The zero-order valence-corrected chi connectivity index (χ0v) is 83.2. The van der Waals surface area contributed by atoms with Crippen molar-refractivity contribution >= 4 is 192 Å². The van der Waals surface area contributed by atoms with Crippen LogP contribution in [0.25, 0.3) is 202 Å². The van der Waals surface area contributed by atoms with E-state index in [9.17, 15) is 0 Å². The summed E-state index contributed by atoms with van der Waals surface area (Å²) >= 11 is 1.90. The van der Waals surface area contributed by atoms with E-state index in [-0.39, 0.29) is 5.41 Å². The number of hydrogen-bond donors (Lipinski definition) is 0. The minimum atomic E-state index is -0.101. The number of nitrogens with zero attached hydrogens (tertiary/aromatic N) is 6. The number of para-hydroxylation sites is 6. The van der Waals surface area contributed by atoms with Crippen molar-refractivity contribution in [1.29, 1.82) is 0 Å². The molecule has 6 aromatic heterocycles. The van der Waals surface area contributed by atoms with Crippen molar-refractivity contribution in [3.05, 3.63) is 557 Å². The quantitative estimate of drug-likeness (QED) is 0.0965. The molecule has 0 fully saturated rings. The molecular weight excluding hydrogens is 1840 g/mol. The largest absolute Gasteiger partial charge is 0.455 e. The molecule has 6 heterocycles. The number of rotatable bonds is 16. The van der Waals surface area contributed by atoms with Crippen molar-refractivity contribution < 1.29 is 8.83 Å². The van der Waals surface area contributed by atoms with Crippen LogP contribution in [0.4, 0.5) is 51.2 Å². The number of hydrogen-bond acceptors (Lipinski definition) is 6. The Labute approximate surface area is 871 Å². The molecule has 708 valence electrons. The summed E-state index contributed by atoms with van der Waals surface area (Å²) in [6.07, 6.45) is 0. The summed E-state index contributed by atoms with van der Waals surface area (Å²) in [7, 11) is 0. The Kier molecular flexibility index (Phi) is 21.7. The summed E-state index contributed by atoms with van der Waals surface area (Å²) in [6.45, 7) is 4.69. The number of anilines is 9. The molecule has 0 amide bonds. The Balaban J connectivity index is 0.000000108. The summed E-state index contributed by atoms with van der Waals surface area (Å²) in [6, 6.07) is 196. The van der Waals surface area contributed by atoms with Gasteiger partial charge in [0.25, 0.3) is 0 Å². The maximum atomic E-state index is 6.56. The summed E-state index contributed by atoms with van der Waals surface area (Å²) in [5.41, 5.74) is 39.0. The Hall–Kier alpha value is -19.3. The lowest BCUT2D eigenvalue weighted by molar-refractivity contribution is 0.660. The van der Waals surface area contributed by atoms with Crippen molar-refractivity contribution in [1.82, 2.24) is 13.7 Å². The van der Waals surface area contributed by atoms with Gasteiger partial charge < -0.3 is 37.2 Å². The monoisotopic (exact) mass is 1940 g/mol. The minimum Gasteiger partial charge on any atom is -0.455 e. The summed E-state index contributed by atoms with van der Waals surface area (Å²) in [4.78, 5) is 7.05. The fourth-order valence-corrected chi connectivity index (χ4v) is 24.5. The Morgan fingerprint density at radius 3 is 0.873 bits per heavy atom. The number of fused-ring (bicyclic) bond motifs is 24. The second-order valence-electron chi connectivity index (χ2n) is 39.3. The van der Waals surface area contributed by atoms with E-state index in [1.165, 1.54) is 120 Å². The first-order valence-electron chi connectivity index (χ1n) is 51.3. The molecule has 150 heavy (non-hydrogen) atoms. The van der Waals surface area contributed by atoms with Crippen molar-refractivity contribution in [2.24, 2.45) is 0 Å². The van der Waals surface area contributed by atoms with Crippen LogP contribution in [0.5, 0.6) is 0 Å². The van der Waals surface area contributed by atoms with E-state index in [4.69, 9.17) is 8.83 Å². The normalized spacial score (nSPS) is 12.1. The molecule has 29 aromatic rings. The lowest BCUT2D eigenvalue weighted by atomic mass is 9.82. The first-order valence-corrected chi connectivity index (χ1v) is 52.1. The van der Waals surface area contributed by atoms with Crippen LogP contribution >= 0.6 is 11.3 Å². The predicted molar refractivity (Wildman–Crippen MR) is 633 cm³/mol. The standard InChI is InChI=1S/C51H36N2O.C48H32N2O.C42H28N2S/c1-51(2)44-17-9-6-14-39(44)40-29-28-38(32-45(40)51)52(35-22-20-34(21-23-35)33-12-4-3-5-13-33)36-24-26-37(27-25-36)53-46-18-10-7-16-43(46)49-47(53)31-30-42-41-15-8-11-19-48(41)54-50(42)49;1-3-11-33(12-4-1)35-19-23-37(24-20-35)49(38-25-21-36(22-26-38)34-13-5-2-6-14-34)39-27-29-40(30-28-39)50-44-17-9-7-16-43(44)47-45(50)32-31-42-41-15-8-10-18-46(41)51-48(42)47;1-3-11-29(12-4-1)30-19-21-32(22-20-30)43(31-13-5-2-6-14-31)33-23-25-34(26-24-33)44-38-17-9-7-16-37(38)41-39(44)28-27-36-35-15-8-10-18-40(35)45-42(36)41/h3-32H,1-2H3;1-32H;1-28H. The molecule has 0 saturated carbocycles. The van der Waals surface area contributed by atoms with Crippen molar-refractivity contribution in [3.8, 4) is 72.7 Å².